The first-order valence-electron chi connectivity index (χ1n) is 10.9. The minimum atomic E-state index is 0.209. The van der Waals surface area contributed by atoms with Gasteiger partial charge >= 0.3 is 0 Å². The second-order valence-corrected chi connectivity index (χ2v) is 9.28. The fourth-order valence-electron chi connectivity index (χ4n) is 4.40. The number of rotatable bonds is 5. The average Bonchev–Trinajstić information content (AvgIpc) is 3.21. The molecule has 2 aromatic heterocycles. The molecule has 1 saturated heterocycles. The molecule has 1 spiro atoms. The molecule has 4 rings (SSSR count). The fraction of sp³-hybridized carbons (Fsp3) is 0.583. The van der Waals surface area contributed by atoms with Gasteiger partial charge in [0.2, 0.25) is 5.88 Å². The predicted octanol–water partition coefficient (Wildman–Crippen LogP) is 6.33. The summed E-state index contributed by atoms with van der Waals surface area (Å²) in [7, 11) is 1.65. The lowest BCUT2D eigenvalue weighted by Gasteiger charge is -2.38. The van der Waals surface area contributed by atoms with Crippen molar-refractivity contribution in [2.75, 3.05) is 13.7 Å². The molecule has 29 heavy (non-hydrogen) atoms. The van der Waals surface area contributed by atoms with Crippen molar-refractivity contribution < 1.29 is 9.47 Å². The summed E-state index contributed by atoms with van der Waals surface area (Å²) in [5.74, 6) is 1.34. The molecule has 158 valence electrons. The maximum Gasteiger partial charge on any atom is 0.226 e. The summed E-state index contributed by atoms with van der Waals surface area (Å²) >= 11 is 2.25. The van der Waals surface area contributed by atoms with Crippen LogP contribution in [0.25, 0.3) is 0 Å². The van der Waals surface area contributed by atoms with Crippen LogP contribution in [0.3, 0.4) is 0 Å². The third-order valence-electron chi connectivity index (χ3n) is 5.99. The van der Waals surface area contributed by atoms with Crippen molar-refractivity contribution in [3.63, 3.8) is 0 Å². The molecule has 3 heterocycles. The predicted molar refractivity (Wildman–Crippen MR) is 125 cm³/mol. The Hall–Kier alpha value is -1.21. The number of aromatic nitrogens is 2. The van der Waals surface area contributed by atoms with Crippen LogP contribution in [-0.2, 0) is 11.2 Å². The first kappa shape index (κ1) is 22.5. The summed E-state index contributed by atoms with van der Waals surface area (Å²) in [5, 5.41) is 0. The van der Waals surface area contributed by atoms with E-state index in [4.69, 9.17) is 9.47 Å². The second-order valence-electron chi connectivity index (χ2n) is 8.12. The van der Waals surface area contributed by atoms with Gasteiger partial charge in [-0.3, -0.25) is 4.98 Å². The molecule has 1 aliphatic carbocycles. The summed E-state index contributed by atoms with van der Waals surface area (Å²) in [6.07, 6.45) is 14.9. The molecule has 0 N–H and O–H groups in total. The molecule has 2 aliphatic rings. The lowest BCUT2D eigenvalue weighted by Crippen LogP contribution is -2.36. The zero-order valence-electron chi connectivity index (χ0n) is 17.7. The quantitative estimate of drug-likeness (QED) is 0.443. The van der Waals surface area contributed by atoms with Gasteiger partial charge in [0.15, 0.2) is 0 Å². The Morgan fingerprint density at radius 2 is 2.07 bits per heavy atom. The smallest absolute Gasteiger partial charge is 0.226 e. The fourth-order valence-corrected chi connectivity index (χ4v) is 5.16. The molecule has 2 aromatic rings. The third-order valence-corrected chi connectivity index (χ3v) is 6.76. The van der Waals surface area contributed by atoms with E-state index in [0.29, 0.717) is 5.92 Å². The van der Waals surface area contributed by atoms with Crippen molar-refractivity contribution in [1.29, 1.82) is 0 Å². The summed E-state index contributed by atoms with van der Waals surface area (Å²) in [5.41, 5.74) is 2.77. The number of pyridine rings is 2. The van der Waals surface area contributed by atoms with Crippen molar-refractivity contribution in [3.05, 3.63) is 51.5 Å². The van der Waals surface area contributed by atoms with Gasteiger partial charge in [-0.15, -0.1) is 0 Å². The normalized spacial score (nSPS) is 20.2. The van der Waals surface area contributed by atoms with Crippen LogP contribution in [0.15, 0.2) is 36.7 Å². The van der Waals surface area contributed by atoms with Gasteiger partial charge in [-0.2, -0.15) is 0 Å². The Morgan fingerprint density at radius 3 is 2.72 bits per heavy atom. The molecule has 1 saturated carbocycles. The van der Waals surface area contributed by atoms with E-state index in [0.717, 1.165) is 28.9 Å². The zero-order valence-corrected chi connectivity index (χ0v) is 19.9. The Labute approximate surface area is 189 Å². The highest BCUT2D eigenvalue weighted by Crippen LogP contribution is 2.44. The highest BCUT2D eigenvalue weighted by molar-refractivity contribution is 14.1. The number of hydrogen-bond donors (Lipinski definition) is 0. The molecular weight excluding hydrogens is 475 g/mol. The van der Waals surface area contributed by atoms with Gasteiger partial charge in [0.25, 0.3) is 0 Å². The largest absolute Gasteiger partial charge is 0.480 e. The highest BCUT2D eigenvalue weighted by atomic mass is 127. The van der Waals surface area contributed by atoms with Gasteiger partial charge < -0.3 is 9.47 Å². The van der Waals surface area contributed by atoms with Crippen LogP contribution in [0.1, 0.15) is 75.5 Å². The lowest BCUT2D eigenvalue weighted by atomic mass is 9.83. The van der Waals surface area contributed by atoms with Gasteiger partial charge in [-0.05, 0) is 84.9 Å². The average molecular weight is 508 g/mol. The first-order valence-corrected chi connectivity index (χ1v) is 12.0. The standard InChI is InChI=1S/C14H19NO.C10H14INO/c1-4-9-15-13(5-1)12-6-10-16-14(11-12)7-2-3-8-14;1-3-4-5-8-6-9(11)10(13-2)12-7-8/h1,4-5,9,12H,2-3,6-8,10-11H2;6-7H,3-5H2,1-2H3/t12-;/m1./s1. The monoisotopic (exact) mass is 508 g/mol. The maximum atomic E-state index is 6.05. The van der Waals surface area contributed by atoms with Crippen LogP contribution in [0.2, 0.25) is 0 Å². The minimum Gasteiger partial charge on any atom is -0.480 e. The van der Waals surface area contributed by atoms with E-state index in [9.17, 15) is 0 Å². The van der Waals surface area contributed by atoms with Crippen LogP contribution in [0.4, 0.5) is 0 Å². The molecular formula is C24H33IN2O2. The molecule has 0 aromatic carbocycles. The Kier molecular flexibility index (Phi) is 8.72. The molecule has 0 unspecified atom stereocenters. The molecule has 0 amide bonds. The van der Waals surface area contributed by atoms with E-state index < -0.39 is 0 Å². The van der Waals surface area contributed by atoms with E-state index in [1.165, 1.54) is 56.2 Å². The molecule has 5 heteroatoms. The topological polar surface area (TPSA) is 44.2 Å². The molecule has 4 nitrogen and oxygen atoms in total. The van der Waals surface area contributed by atoms with Crippen molar-refractivity contribution in [2.24, 2.45) is 0 Å². The Bertz CT molecular complexity index is 748. The van der Waals surface area contributed by atoms with Crippen molar-refractivity contribution >= 4 is 22.6 Å². The van der Waals surface area contributed by atoms with Gasteiger partial charge in [0.1, 0.15) is 0 Å². The van der Waals surface area contributed by atoms with E-state index in [1.807, 2.05) is 18.5 Å². The minimum absolute atomic E-state index is 0.209. The van der Waals surface area contributed by atoms with Gasteiger partial charge in [0.05, 0.1) is 16.3 Å². The van der Waals surface area contributed by atoms with E-state index >= 15 is 0 Å². The number of unbranched alkanes of at least 4 members (excludes halogenated alkanes) is 1. The van der Waals surface area contributed by atoms with E-state index in [2.05, 4.69) is 57.7 Å². The first-order chi connectivity index (χ1) is 14.2. The number of hydrogen-bond acceptors (Lipinski definition) is 4. The van der Waals surface area contributed by atoms with Crippen LogP contribution < -0.4 is 4.74 Å². The van der Waals surface area contributed by atoms with E-state index in [-0.39, 0.29) is 5.60 Å². The summed E-state index contributed by atoms with van der Waals surface area (Å²) in [4.78, 5) is 8.72. The van der Waals surface area contributed by atoms with E-state index in [1.54, 1.807) is 7.11 Å². The van der Waals surface area contributed by atoms with Crippen molar-refractivity contribution in [2.45, 2.75) is 76.2 Å². The van der Waals surface area contributed by atoms with Crippen LogP contribution in [0.5, 0.6) is 5.88 Å². The number of ether oxygens (including phenoxy) is 2. The van der Waals surface area contributed by atoms with Crippen LogP contribution in [0, 0.1) is 3.57 Å². The molecule has 0 bridgehead atoms. The molecule has 0 radical (unpaired) electrons. The molecule has 2 fully saturated rings. The van der Waals surface area contributed by atoms with Gasteiger partial charge in [-0.1, -0.05) is 32.3 Å². The summed E-state index contributed by atoms with van der Waals surface area (Å²) < 4.78 is 12.2. The zero-order chi connectivity index (χ0) is 20.5. The summed E-state index contributed by atoms with van der Waals surface area (Å²) in [6, 6.07) is 8.40. The SMILES string of the molecule is CCCCc1cnc(OC)c(I)c1.c1ccc([C@@H]2CCOC3(CCCC3)C2)nc1. The van der Waals surface area contributed by atoms with Gasteiger partial charge in [-0.25, -0.2) is 4.98 Å². The van der Waals surface area contributed by atoms with Crippen LogP contribution >= 0.6 is 22.6 Å². The number of nitrogens with zero attached hydrogens (tertiary/aromatic N) is 2. The van der Waals surface area contributed by atoms with Crippen LogP contribution in [-0.4, -0.2) is 29.3 Å². The number of aryl methyl sites for hydroxylation is 1. The summed E-state index contributed by atoms with van der Waals surface area (Å²) in [6.45, 7) is 3.11. The Balaban J connectivity index is 0.000000170. The highest BCUT2D eigenvalue weighted by Gasteiger charge is 2.40. The molecule has 1 atom stereocenters. The van der Waals surface area contributed by atoms with Gasteiger partial charge in [0, 0.05) is 30.6 Å². The maximum absolute atomic E-state index is 6.05. The number of halogens is 1. The van der Waals surface area contributed by atoms with Crippen molar-refractivity contribution in [3.8, 4) is 5.88 Å². The Morgan fingerprint density at radius 1 is 1.24 bits per heavy atom. The van der Waals surface area contributed by atoms with Crippen molar-refractivity contribution in [1.82, 2.24) is 9.97 Å². The second kappa shape index (κ2) is 11.3. The third kappa shape index (κ3) is 6.38. The number of methoxy groups -OCH3 is 1. The molecule has 1 aliphatic heterocycles. The lowest BCUT2D eigenvalue weighted by molar-refractivity contribution is -0.0809.